The molecule has 1 saturated heterocycles. The van der Waals surface area contributed by atoms with E-state index in [9.17, 15) is 0 Å². The van der Waals surface area contributed by atoms with E-state index in [1.165, 1.54) is 48.2 Å². The summed E-state index contributed by atoms with van der Waals surface area (Å²) >= 11 is 0. The number of nitrogens with one attached hydrogen (secondary N) is 1. The Morgan fingerprint density at radius 2 is 1.68 bits per heavy atom. The van der Waals surface area contributed by atoms with Crippen LogP contribution in [-0.2, 0) is 13.1 Å². The number of hydrogen-bond donors (Lipinski definition) is 2. The monoisotopic (exact) mass is 336 g/mol. The van der Waals surface area contributed by atoms with Crippen molar-refractivity contribution in [2.45, 2.75) is 39.8 Å². The number of rotatable bonds is 5. The van der Waals surface area contributed by atoms with Crippen LogP contribution in [0.15, 0.2) is 47.5 Å². The molecule has 1 aliphatic heterocycles. The van der Waals surface area contributed by atoms with Crippen LogP contribution in [0.25, 0.3) is 0 Å². The third-order valence-corrected chi connectivity index (χ3v) is 4.84. The molecule has 0 bridgehead atoms. The maximum Gasteiger partial charge on any atom is 0.193 e. The Labute approximate surface area is 150 Å². The molecular formula is C21H28N4. The lowest BCUT2D eigenvalue weighted by atomic mass is 10.1. The number of likely N-dealkylation sites (tertiary alicyclic amines) is 1. The number of anilines is 1. The summed E-state index contributed by atoms with van der Waals surface area (Å²) in [7, 11) is 0. The van der Waals surface area contributed by atoms with E-state index in [0.29, 0.717) is 12.5 Å². The minimum atomic E-state index is 0.449. The molecule has 0 aliphatic carbocycles. The predicted octanol–water partition coefficient (Wildman–Crippen LogP) is 3.83. The highest BCUT2D eigenvalue weighted by Gasteiger charge is 2.11. The molecule has 0 saturated carbocycles. The van der Waals surface area contributed by atoms with E-state index < -0.39 is 0 Å². The molecule has 0 radical (unpaired) electrons. The number of aliphatic imine (C=N–C) groups is 1. The SMILES string of the molecule is Cc1ccc(NC(N)=NCc2ccc(CN3CCCC3)cc2)cc1C. The van der Waals surface area contributed by atoms with Gasteiger partial charge in [0.25, 0.3) is 0 Å². The summed E-state index contributed by atoms with van der Waals surface area (Å²) in [5.74, 6) is 0.449. The van der Waals surface area contributed by atoms with E-state index in [1.807, 2.05) is 6.07 Å². The van der Waals surface area contributed by atoms with Crippen molar-refractivity contribution in [2.24, 2.45) is 10.7 Å². The van der Waals surface area contributed by atoms with Crippen LogP contribution in [0.2, 0.25) is 0 Å². The predicted molar refractivity (Wildman–Crippen MR) is 106 cm³/mol. The molecule has 4 nitrogen and oxygen atoms in total. The Kier molecular flexibility index (Phi) is 5.71. The van der Waals surface area contributed by atoms with Gasteiger partial charge in [-0.05, 0) is 74.2 Å². The first-order valence-corrected chi connectivity index (χ1v) is 9.04. The van der Waals surface area contributed by atoms with Crippen molar-refractivity contribution in [1.82, 2.24) is 4.90 Å². The molecule has 1 aliphatic rings. The van der Waals surface area contributed by atoms with Crippen molar-refractivity contribution in [2.75, 3.05) is 18.4 Å². The molecule has 0 aromatic heterocycles. The highest BCUT2D eigenvalue weighted by molar-refractivity contribution is 5.92. The van der Waals surface area contributed by atoms with Crippen molar-refractivity contribution >= 4 is 11.6 Å². The molecule has 0 atom stereocenters. The second-order valence-electron chi connectivity index (χ2n) is 6.93. The lowest BCUT2D eigenvalue weighted by Crippen LogP contribution is -2.22. The highest BCUT2D eigenvalue weighted by atomic mass is 15.1. The summed E-state index contributed by atoms with van der Waals surface area (Å²) in [6.45, 7) is 8.30. The average Bonchev–Trinajstić information content (AvgIpc) is 3.11. The molecule has 4 heteroatoms. The van der Waals surface area contributed by atoms with E-state index in [2.05, 4.69) is 65.5 Å². The number of aryl methyl sites for hydroxylation is 2. The van der Waals surface area contributed by atoms with Crippen LogP contribution in [0.3, 0.4) is 0 Å². The molecule has 1 fully saturated rings. The maximum absolute atomic E-state index is 6.01. The number of nitrogens with zero attached hydrogens (tertiary/aromatic N) is 2. The van der Waals surface area contributed by atoms with Crippen molar-refractivity contribution < 1.29 is 0 Å². The zero-order valence-corrected chi connectivity index (χ0v) is 15.3. The Morgan fingerprint density at radius 1 is 1.00 bits per heavy atom. The van der Waals surface area contributed by atoms with Gasteiger partial charge in [0.15, 0.2) is 5.96 Å². The molecular weight excluding hydrogens is 308 g/mol. The summed E-state index contributed by atoms with van der Waals surface area (Å²) in [4.78, 5) is 6.96. The Morgan fingerprint density at radius 3 is 2.36 bits per heavy atom. The lowest BCUT2D eigenvalue weighted by molar-refractivity contribution is 0.331. The van der Waals surface area contributed by atoms with Gasteiger partial charge in [-0.15, -0.1) is 0 Å². The van der Waals surface area contributed by atoms with Gasteiger partial charge in [0.2, 0.25) is 0 Å². The Bertz CT molecular complexity index is 728. The minimum Gasteiger partial charge on any atom is -0.370 e. The summed E-state index contributed by atoms with van der Waals surface area (Å²) < 4.78 is 0. The van der Waals surface area contributed by atoms with Gasteiger partial charge in [-0.2, -0.15) is 0 Å². The lowest BCUT2D eigenvalue weighted by Gasteiger charge is -2.14. The normalized spacial score (nSPS) is 15.5. The van der Waals surface area contributed by atoms with Crippen molar-refractivity contribution in [3.8, 4) is 0 Å². The molecule has 2 aromatic rings. The number of benzene rings is 2. The van der Waals surface area contributed by atoms with Crippen LogP contribution >= 0.6 is 0 Å². The van der Waals surface area contributed by atoms with Crippen LogP contribution in [0, 0.1) is 13.8 Å². The molecule has 0 unspecified atom stereocenters. The van der Waals surface area contributed by atoms with Crippen molar-refractivity contribution in [3.05, 3.63) is 64.7 Å². The van der Waals surface area contributed by atoms with E-state index in [-0.39, 0.29) is 0 Å². The Hall–Kier alpha value is -2.33. The van der Waals surface area contributed by atoms with Crippen LogP contribution in [0.5, 0.6) is 0 Å². The fourth-order valence-corrected chi connectivity index (χ4v) is 3.13. The standard InChI is InChI=1S/C21H28N4/c1-16-5-10-20(13-17(16)2)24-21(22)23-14-18-6-8-19(9-7-18)15-25-11-3-4-12-25/h5-10,13H,3-4,11-12,14-15H2,1-2H3,(H3,22,23,24). The molecule has 3 N–H and O–H groups in total. The molecule has 25 heavy (non-hydrogen) atoms. The van der Waals surface area contributed by atoms with Gasteiger partial charge in [0, 0.05) is 12.2 Å². The van der Waals surface area contributed by atoms with E-state index in [0.717, 1.165) is 12.2 Å². The van der Waals surface area contributed by atoms with Gasteiger partial charge in [-0.3, -0.25) is 4.90 Å². The first-order chi connectivity index (χ1) is 12.1. The second kappa shape index (κ2) is 8.17. The quantitative estimate of drug-likeness (QED) is 0.644. The minimum absolute atomic E-state index is 0.449. The first kappa shape index (κ1) is 17.5. The van der Waals surface area contributed by atoms with Crippen LogP contribution in [0.1, 0.15) is 35.1 Å². The Balaban J connectivity index is 1.54. The third kappa shape index (κ3) is 5.07. The summed E-state index contributed by atoms with van der Waals surface area (Å²) in [5, 5.41) is 3.16. The van der Waals surface area contributed by atoms with Gasteiger partial charge >= 0.3 is 0 Å². The van der Waals surface area contributed by atoms with Gasteiger partial charge in [-0.25, -0.2) is 4.99 Å². The van der Waals surface area contributed by atoms with Gasteiger partial charge in [-0.1, -0.05) is 30.3 Å². The summed E-state index contributed by atoms with van der Waals surface area (Å²) in [6.07, 6.45) is 2.67. The number of nitrogens with two attached hydrogens (primary N) is 1. The first-order valence-electron chi connectivity index (χ1n) is 9.04. The van der Waals surface area contributed by atoms with Gasteiger partial charge in [0.05, 0.1) is 6.54 Å². The smallest absolute Gasteiger partial charge is 0.193 e. The molecule has 1 heterocycles. The van der Waals surface area contributed by atoms with E-state index in [4.69, 9.17) is 5.73 Å². The fraction of sp³-hybridized carbons (Fsp3) is 0.381. The largest absolute Gasteiger partial charge is 0.370 e. The molecule has 2 aromatic carbocycles. The molecule has 3 rings (SSSR count). The average molecular weight is 336 g/mol. The molecule has 132 valence electrons. The van der Waals surface area contributed by atoms with Crippen molar-refractivity contribution in [3.63, 3.8) is 0 Å². The number of hydrogen-bond acceptors (Lipinski definition) is 2. The van der Waals surface area contributed by atoms with E-state index in [1.54, 1.807) is 0 Å². The van der Waals surface area contributed by atoms with Gasteiger partial charge < -0.3 is 11.1 Å². The van der Waals surface area contributed by atoms with Crippen LogP contribution < -0.4 is 11.1 Å². The zero-order chi connectivity index (χ0) is 17.6. The van der Waals surface area contributed by atoms with Crippen LogP contribution in [0.4, 0.5) is 5.69 Å². The third-order valence-electron chi connectivity index (χ3n) is 4.84. The molecule has 0 amide bonds. The fourth-order valence-electron chi connectivity index (χ4n) is 3.13. The summed E-state index contributed by atoms with van der Waals surface area (Å²) in [6, 6.07) is 14.9. The zero-order valence-electron chi connectivity index (χ0n) is 15.3. The topological polar surface area (TPSA) is 53.6 Å². The highest BCUT2D eigenvalue weighted by Crippen LogP contribution is 2.15. The molecule has 0 spiro atoms. The van der Waals surface area contributed by atoms with Crippen LogP contribution in [-0.4, -0.2) is 23.9 Å². The second-order valence-corrected chi connectivity index (χ2v) is 6.93. The van der Waals surface area contributed by atoms with Crippen molar-refractivity contribution in [1.29, 1.82) is 0 Å². The van der Waals surface area contributed by atoms with E-state index >= 15 is 0 Å². The number of guanidine groups is 1. The summed E-state index contributed by atoms with van der Waals surface area (Å²) in [5.41, 5.74) is 12.1. The maximum atomic E-state index is 6.01. The van der Waals surface area contributed by atoms with Gasteiger partial charge in [0.1, 0.15) is 0 Å².